The van der Waals surface area contributed by atoms with E-state index in [1.165, 1.54) is 12.2 Å². The molecule has 0 saturated carbocycles. The first-order valence-electron chi connectivity index (χ1n) is 4.59. The average molecular weight is 214 g/mol. The molecule has 0 bridgehead atoms. The van der Waals surface area contributed by atoms with Gasteiger partial charge in [0.05, 0.1) is 0 Å². The summed E-state index contributed by atoms with van der Waals surface area (Å²) in [6, 6.07) is 7.11. The van der Waals surface area contributed by atoms with Crippen LogP contribution in [0.2, 0.25) is 0 Å². The van der Waals surface area contributed by atoms with Gasteiger partial charge in [-0.15, -0.1) is 0 Å². The van der Waals surface area contributed by atoms with Crippen molar-refractivity contribution < 1.29 is 9.59 Å². The van der Waals surface area contributed by atoms with Crippen LogP contribution in [-0.2, 0) is 9.59 Å². The van der Waals surface area contributed by atoms with Crippen molar-refractivity contribution >= 4 is 17.7 Å². The number of rotatable bonds is 4. The molecule has 0 saturated heterocycles. The number of benzene rings is 1. The van der Waals surface area contributed by atoms with Gasteiger partial charge in [-0.25, -0.2) is 9.59 Å². The molecule has 0 spiro atoms. The molecular formula is C12H10N2O2. The monoisotopic (exact) mass is 214 g/mol. The zero-order chi connectivity index (χ0) is 12.0. The normalized spacial score (nSPS) is 10.8. The Labute approximate surface area is 93.0 Å². The maximum Gasteiger partial charge on any atom is 0.237 e. The lowest BCUT2D eigenvalue weighted by atomic mass is 10.1. The Balaban J connectivity index is 3.07. The van der Waals surface area contributed by atoms with E-state index in [0.717, 1.165) is 11.1 Å². The molecule has 0 fully saturated rings. The van der Waals surface area contributed by atoms with E-state index >= 15 is 0 Å². The van der Waals surface area contributed by atoms with Crippen molar-refractivity contribution in [3.05, 3.63) is 42.0 Å². The van der Waals surface area contributed by atoms with Crippen LogP contribution in [0.1, 0.15) is 24.2 Å². The van der Waals surface area contributed by atoms with Crippen molar-refractivity contribution in [2.24, 2.45) is 9.98 Å². The highest BCUT2D eigenvalue weighted by Gasteiger charge is 2.07. The van der Waals surface area contributed by atoms with Gasteiger partial charge in [0.2, 0.25) is 12.2 Å². The molecule has 0 aliphatic carbocycles. The second-order valence-corrected chi connectivity index (χ2v) is 3.22. The van der Waals surface area contributed by atoms with Gasteiger partial charge < -0.3 is 0 Å². The van der Waals surface area contributed by atoms with E-state index < -0.39 is 6.17 Å². The standard InChI is InChI=1S/C12H10N2O2/c1-9(2)10-3-5-11(6-4-10)12(13-7-15)14-8-16/h3-6,12H,1H2,2H3. The van der Waals surface area contributed by atoms with E-state index in [9.17, 15) is 9.59 Å². The number of hydrogen-bond donors (Lipinski definition) is 0. The summed E-state index contributed by atoms with van der Waals surface area (Å²) in [5.41, 5.74) is 2.55. The molecule has 0 heterocycles. The topological polar surface area (TPSA) is 58.9 Å². The molecule has 80 valence electrons. The molecule has 1 rings (SSSR count). The fourth-order valence-corrected chi connectivity index (χ4v) is 1.22. The van der Waals surface area contributed by atoms with Gasteiger partial charge in [0.25, 0.3) is 0 Å². The second-order valence-electron chi connectivity index (χ2n) is 3.22. The Bertz CT molecular complexity index is 460. The highest BCUT2D eigenvalue weighted by molar-refractivity contribution is 5.61. The number of isocyanates is 2. The van der Waals surface area contributed by atoms with E-state index in [1.54, 1.807) is 12.1 Å². The van der Waals surface area contributed by atoms with Crippen LogP contribution in [0.3, 0.4) is 0 Å². The third kappa shape index (κ3) is 2.85. The van der Waals surface area contributed by atoms with Gasteiger partial charge in [0.1, 0.15) is 0 Å². The van der Waals surface area contributed by atoms with Crippen LogP contribution in [0.4, 0.5) is 0 Å². The Morgan fingerprint density at radius 3 is 2.06 bits per heavy atom. The lowest BCUT2D eigenvalue weighted by Crippen LogP contribution is -1.91. The van der Waals surface area contributed by atoms with Gasteiger partial charge in [-0.1, -0.05) is 36.4 Å². The summed E-state index contributed by atoms with van der Waals surface area (Å²) in [6.07, 6.45) is 1.89. The zero-order valence-corrected chi connectivity index (χ0v) is 8.80. The maximum absolute atomic E-state index is 10.1. The van der Waals surface area contributed by atoms with Gasteiger partial charge >= 0.3 is 0 Å². The van der Waals surface area contributed by atoms with Crippen LogP contribution >= 0.6 is 0 Å². The smallest absolute Gasteiger partial charge is 0.211 e. The molecule has 1 aromatic carbocycles. The molecule has 0 aliphatic heterocycles. The summed E-state index contributed by atoms with van der Waals surface area (Å²) in [5.74, 6) is 0. The molecule has 0 aromatic heterocycles. The summed E-state index contributed by atoms with van der Waals surface area (Å²) in [7, 11) is 0. The second kappa shape index (κ2) is 5.56. The van der Waals surface area contributed by atoms with Gasteiger partial charge in [-0.05, 0) is 12.5 Å². The van der Waals surface area contributed by atoms with Gasteiger partial charge in [-0.2, -0.15) is 9.98 Å². The summed E-state index contributed by atoms with van der Waals surface area (Å²) in [4.78, 5) is 27.1. The van der Waals surface area contributed by atoms with Crippen molar-refractivity contribution in [1.82, 2.24) is 0 Å². The van der Waals surface area contributed by atoms with Crippen molar-refractivity contribution in [3.8, 4) is 0 Å². The number of aliphatic imine (C=N–C) groups is 2. The first-order valence-corrected chi connectivity index (χ1v) is 4.59. The molecule has 0 atom stereocenters. The predicted octanol–water partition coefficient (Wildman–Crippen LogP) is 2.39. The molecule has 16 heavy (non-hydrogen) atoms. The highest BCUT2D eigenvalue weighted by atomic mass is 16.1. The average Bonchev–Trinajstić information content (AvgIpc) is 2.29. The van der Waals surface area contributed by atoms with Crippen LogP contribution in [0.15, 0.2) is 40.8 Å². The first kappa shape index (κ1) is 11.8. The molecule has 0 N–H and O–H groups in total. The molecule has 0 radical (unpaired) electrons. The van der Waals surface area contributed by atoms with Crippen molar-refractivity contribution in [2.75, 3.05) is 0 Å². The van der Waals surface area contributed by atoms with Crippen molar-refractivity contribution in [1.29, 1.82) is 0 Å². The number of allylic oxidation sites excluding steroid dienone is 1. The lowest BCUT2D eigenvalue weighted by molar-refractivity contribution is 0.552. The maximum atomic E-state index is 10.1. The van der Waals surface area contributed by atoms with E-state index in [-0.39, 0.29) is 0 Å². The predicted molar refractivity (Wildman–Crippen MR) is 60.1 cm³/mol. The lowest BCUT2D eigenvalue weighted by Gasteiger charge is -2.05. The molecule has 1 aromatic rings. The fourth-order valence-electron chi connectivity index (χ4n) is 1.22. The van der Waals surface area contributed by atoms with E-state index in [1.807, 2.05) is 19.1 Å². The van der Waals surface area contributed by atoms with Crippen LogP contribution < -0.4 is 0 Å². The minimum atomic E-state index is -0.853. The quantitative estimate of drug-likeness (QED) is 0.570. The number of carbonyl (C=O) groups excluding carboxylic acids is 2. The van der Waals surface area contributed by atoms with Gasteiger partial charge in [-0.3, -0.25) is 0 Å². The van der Waals surface area contributed by atoms with Crippen LogP contribution in [0, 0.1) is 0 Å². The molecular weight excluding hydrogens is 204 g/mol. The summed E-state index contributed by atoms with van der Waals surface area (Å²) >= 11 is 0. The molecule has 0 aliphatic rings. The number of hydrogen-bond acceptors (Lipinski definition) is 4. The molecule has 4 heteroatoms. The van der Waals surface area contributed by atoms with E-state index in [2.05, 4.69) is 16.6 Å². The summed E-state index contributed by atoms with van der Waals surface area (Å²) < 4.78 is 0. The first-order chi connectivity index (χ1) is 7.69. The van der Waals surface area contributed by atoms with Crippen molar-refractivity contribution in [3.63, 3.8) is 0 Å². The van der Waals surface area contributed by atoms with Crippen LogP contribution in [0.5, 0.6) is 0 Å². The summed E-state index contributed by atoms with van der Waals surface area (Å²) in [5, 5.41) is 0. The van der Waals surface area contributed by atoms with Crippen LogP contribution in [-0.4, -0.2) is 12.2 Å². The highest BCUT2D eigenvalue weighted by Crippen LogP contribution is 2.20. The zero-order valence-electron chi connectivity index (χ0n) is 8.80. The Kier molecular flexibility index (Phi) is 4.10. The SMILES string of the molecule is C=C(C)c1ccc(C(N=C=O)N=C=O)cc1. The minimum Gasteiger partial charge on any atom is -0.211 e. The molecule has 0 amide bonds. The Morgan fingerprint density at radius 1 is 1.19 bits per heavy atom. The largest absolute Gasteiger partial charge is 0.237 e. The molecule has 4 nitrogen and oxygen atoms in total. The molecule has 0 unspecified atom stereocenters. The van der Waals surface area contributed by atoms with Crippen LogP contribution in [0.25, 0.3) is 5.57 Å². The minimum absolute atomic E-state index is 0.636. The van der Waals surface area contributed by atoms with Gasteiger partial charge in [0.15, 0.2) is 6.17 Å². The van der Waals surface area contributed by atoms with Crippen molar-refractivity contribution in [2.45, 2.75) is 13.1 Å². The van der Waals surface area contributed by atoms with E-state index in [0.29, 0.717) is 5.56 Å². The Morgan fingerprint density at radius 2 is 1.69 bits per heavy atom. The van der Waals surface area contributed by atoms with E-state index in [4.69, 9.17) is 0 Å². The van der Waals surface area contributed by atoms with Gasteiger partial charge in [0, 0.05) is 5.56 Å². The third-order valence-corrected chi connectivity index (χ3v) is 2.05. The third-order valence-electron chi connectivity index (χ3n) is 2.05. The Hall–Kier alpha value is -2.28. The summed E-state index contributed by atoms with van der Waals surface area (Å²) in [6.45, 7) is 5.69. The fraction of sp³-hybridized carbons (Fsp3) is 0.167. The number of nitrogens with zero attached hydrogens (tertiary/aromatic N) is 2.